The van der Waals surface area contributed by atoms with Crippen LogP contribution in [0.2, 0.25) is 0 Å². The Bertz CT molecular complexity index is 2860. The molecule has 1 N–H and O–H groups in total. The zero-order valence-corrected chi connectivity index (χ0v) is 48.0. The summed E-state index contributed by atoms with van der Waals surface area (Å²) in [4.78, 5) is 11.1. The standard InChI is InChI=1S/C39H16F62O2S2/c1-9(3-2-8(102)103,104-6-4-10(40,41)12(44,45)14(48,49)16(52,53)18(56,57)20(60,61)22(64,65)24(68,69)26(72,73)28(76,77)30(80,81)32(84,85)34(88,89)36(92,93)38(96,97)98)105-7-5-11(42,43)13(46,47)15(50,51)17(54,55)19(58,59)21(62,63)23(66,67)25(70,71)27(74,75)29(78,79)31(82,83)33(86,87)35(90,91)37(94,95)39(99,100)101/h2-7H2,1H3,(H,102,103). The van der Waals surface area contributed by atoms with E-state index in [1.165, 1.54) is 0 Å². The number of rotatable bonds is 37. The molecule has 0 amide bonds. The van der Waals surface area contributed by atoms with E-state index >= 15 is 0 Å². The molecule has 0 saturated heterocycles. The molecule has 630 valence electrons. The number of thioether (sulfide) groups is 2. The lowest BCUT2D eigenvalue weighted by Crippen LogP contribution is -2.79. The number of halogens is 62. The Labute approximate surface area is 538 Å². The number of carboxylic acids is 1. The molecule has 0 aromatic carbocycles. The average molecular weight is 1760 g/mol. The van der Waals surface area contributed by atoms with Gasteiger partial charge in [0, 0.05) is 30.8 Å². The van der Waals surface area contributed by atoms with E-state index in [0.717, 1.165) is 0 Å². The van der Waals surface area contributed by atoms with Gasteiger partial charge in [0.05, 0.1) is 4.08 Å². The van der Waals surface area contributed by atoms with Gasteiger partial charge >= 0.3 is 184 Å². The number of carboxylic acid groups (broad SMARTS) is 1. The molecule has 0 saturated carbocycles. The number of hydrogen-bond donors (Lipinski definition) is 1. The molecule has 0 aliphatic carbocycles. The molecule has 0 aromatic heterocycles. The molecule has 0 aromatic rings. The Balaban J connectivity index is 7.58. The molecule has 2 nitrogen and oxygen atoms in total. The van der Waals surface area contributed by atoms with E-state index < -0.39 is 249 Å². The van der Waals surface area contributed by atoms with Crippen LogP contribution in [0.1, 0.15) is 32.6 Å². The minimum absolute atomic E-state index is 0.220. The first kappa shape index (κ1) is 101. The predicted octanol–water partition coefficient (Wildman–Crippen LogP) is 22.7. The van der Waals surface area contributed by atoms with E-state index in [1.54, 1.807) is 0 Å². The van der Waals surface area contributed by atoms with Crippen molar-refractivity contribution in [3.05, 3.63) is 0 Å². The summed E-state index contributed by atoms with van der Waals surface area (Å²) >= 11 is -2.63. The van der Waals surface area contributed by atoms with Gasteiger partial charge in [-0.05, 0) is 13.3 Å². The maximum absolute atomic E-state index is 14.7. The lowest BCUT2D eigenvalue weighted by Gasteiger charge is -2.46. The predicted molar refractivity (Wildman–Crippen MR) is 210 cm³/mol. The second-order valence-electron chi connectivity index (χ2n) is 20.6. The molecule has 0 atom stereocenters. The average Bonchev–Trinajstić information content (AvgIpc) is 0.683. The van der Waals surface area contributed by atoms with E-state index in [0.29, 0.717) is 0 Å². The summed E-state index contributed by atoms with van der Waals surface area (Å²) in [5, 5.41) is 8.80. The monoisotopic (exact) mass is 1760 g/mol. The summed E-state index contributed by atoms with van der Waals surface area (Å²) in [6.07, 6.45) is -29.0. The van der Waals surface area contributed by atoms with Crippen molar-refractivity contribution in [1.82, 2.24) is 0 Å². The fourth-order valence-electron chi connectivity index (χ4n) is 6.78. The van der Waals surface area contributed by atoms with Crippen LogP contribution in [0.3, 0.4) is 0 Å². The fourth-order valence-corrected chi connectivity index (χ4v) is 9.68. The Hall–Kier alpha value is -4.17. The quantitative estimate of drug-likeness (QED) is 0.0497. The van der Waals surface area contributed by atoms with Gasteiger partial charge in [0.1, 0.15) is 0 Å². The Morgan fingerprint density at radius 2 is 0.314 bits per heavy atom. The van der Waals surface area contributed by atoms with Gasteiger partial charge in [-0.2, -0.15) is 272 Å². The Morgan fingerprint density at radius 3 is 0.429 bits per heavy atom. The summed E-state index contributed by atoms with van der Waals surface area (Å²) < 4.78 is 861. The summed E-state index contributed by atoms with van der Waals surface area (Å²) in [5.41, 5.74) is 0. The lowest BCUT2D eigenvalue weighted by molar-refractivity contribution is -0.489. The highest BCUT2D eigenvalue weighted by Crippen LogP contribution is 2.73. The van der Waals surface area contributed by atoms with Crippen LogP contribution in [0.15, 0.2) is 0 Å². The summed E-state index contributed by atoms with van der Waals surface area (Å²) in [6, 6.07) is 0. The molecule has 0 aliphatic heterocycles. The third-order valence-electron chi connectivity index (χ3n) is 13.5. The van der Waals surface area contributed by atoms with Crippen LogP contribution in [0.4, 0.5) is 272 Å². The summed E-state index contributed by atoms with van der Waals surface area (Å²) in [5.74, 6) is -285. The molecular weight excluding hydrogens is 1740 g/mol. The number of carbonyl (C=O) groups is 1. The zero-order chi connectivity index (χ0) is 86.7. The maximum atomic E-state index is 14.7. The minimum atomic E-state index is -10.5. The van der Waals surface area contributed by atoms with Gasteiger partial charge in [-0.25, -0.2) is 0 Å². The van der Waals surface area contributed by atoms with Crippen LogP contribution in [0, 0.1) is 0 Å². The first-order chi connectivity index (χ1) is 44.3. The van der Waals surface area contributed by atoms with Crippen molar-refractivity contribution >= 4 is 29.5 Å². The molecule has 0 aliphatic rings. The van der Waals surface area contributed by atoms with Crippen molar-refractivity contribution in [2.75, 3.05) is 11.5 Å². The van der Waals surface area contributed by atoms with Crippen molar-refractivity contribution in [2.24, 2.45) is 0 Å². The second-order valence-corrected chi connectivity index (χ2v) is 24.0. The van der Waals surface area contributed by atoms with Crippen LogP contribution in [-0.2, 0) is 4.79 Å². The van der Waals surface area contributed by atoms with Crippen molar-refractivity contribution in [3.8, 4) is 0 Å². The Kier molecular flexibility index (Phi) is 25.2. The van der Waals surface area contributed by atoms with Gasteiger partial charge in [0.25, 0.3) is 0 Å². The number of hydrogen-bond acceptors (Lipinski definition) is 3. The summed E-state index contributed by atoms with van der Waals surface area (Å²) in [7, 11) is 0. The summed E-state index contributed by atoms with van der Waals surface area (Å²) in [6.45, 7) is -0.220. The first-order valence-electron chi connectivity index (χ1n) is 23.5. The highest BCUT2D eigenvalue weighted by molar-refractivity contribution is 8.18. The van der Waals surface area contributed by atoms with E-state index in [-0.39, 0.29) is 6.92 Å². The molecular formula is C39H16F62O2S2. The topological polar surface area (TPSA) is 37.3 Å². The smallest absolute Gasteiger partial charge is 0.460 e. The zero-order valence-electron chi connectivity index (χ0n) is 46.3. The van der Waals surface area contributed by atoms with Crippen molar-refractivity contribution < 1.29 is 282 Å². The molecule has 0 fully saturated rings. The molecule has 0 rings (SSSR count). The van der Waals surface area contributed by atoms with Gasteiger partial charge in [0.2, 0.25) is 0 Å². The van der Waals surface area contributed by atoms with Crippen LogP contribution in [-0.4, -0.2) is 205 Å². The molecule has 105 heavy (non-hydrogen) atoms. The maximum Gasteiger partial charge on any atom is 0.460 e. The van der Waals surface area contributed by atoms with Crippen LogP contribution in [0.5, 0.6) is 0 Å². The normalized spacial score (nSPS) is 17.1. The molecule has 0 spiro atoms. The van der Waals surface area contributed by atoms with Crippen LogP contribution < -0.4 is 0 Å². The van der Waals surface area contributed by atoms with Gasteiger partial charge in [-0.15, -0.1) is 23.5 Å². The Morgan fingerprint density at radius 1 is 0.200 bits per heavy atom. The van der Waals surface area contributed by atoms with E-state index in [2.05, 4.69) is 0 Å². The van der Waals surface area contributed by atoms with Crippen LogP contribution in [0.25, 0.3) is 0 Å². The largest absolute Gasteiger partial charge is 0.481 e. The third kappa shape index (κ3) is 13.1. The first-order valence-corrected chi connectivity index (χ1v) is 25.5. The van der Waals surface area contributed by atoms with E-state index in [1.807, 2.05) is 0 Å². The molecule has 66 heteroatoms. The fraction of sp³-hybridized carbons (Fsp3) is 0.974. The van der Waals surface area contributed by atoms with E-state index in [9.17, 15) is 277 Å². The molecule has 0 unspecified atom stereocenters. The third-order valence-corrected chi connectivity index (χ3v) is 16.7. The number of aliphatic carboxylic acids is 1. The van der Waals surface area contributed by atoms with Gasteiger partial charge in [-0.1, -0.05) is 0 Å². The van der Waals surface area contributed by atoms with Crippen molar-refractivity contribution in [1.29, 1.82) is 0 Å². The molecule has 0 bridgehead atoms. The van der Waals surface area contributed by atoms with Crippen molar-refractivity contribution in [2.45, 2.75) is 215 Å². The van der Waals surface area contributed by atoms with Crippen molar-refractivity contribution in [3.63, 3.8) is 0 Å². The van der Waals surface area contributed by atoms with Gasteiger partial charge in [0.15, 0.2) is 0 Å². The van der Waals surface area contributed by atoms with Gasteiger partial charge in [-0.3, -0.25) is 4.79 Å². The molecule has 0 radical (unpaired) electrons. The van der Waals surface area contributed by atoms with Gasteiger partial charge < -0.3 is 5.11 Å². The SMILES string of the molecule is CC(CCC(=O)O)(SCCC(F)(F)C(F)(F)C(F)(F)C(F)(F)C(F)(F)C(F)(F)C(F)(F)C(F)(F)C(F)(F)C(F)(F)C(F)(F)C(F)(F)C(F)(F)C(F)(F)C(F)(F)F)SCCC(F)(F)C(F)(F)C(F)(F)C(F)(F)C(F)(F)C(F)(F)C(F)(F)C(F)(F)C(F)(F)C(F)(F)C(F)(F)C(F)(F)C(F)(F)C(F)(F)C(F)(F)F. The second kappa shape index (κ2) is 26.2. The van der Waals surface area contributed by atoms with Crippen LogP contribution >= 0.6 is 23.5 Å². The molecule has 0 heterocycles. The minimum Gasteiger partial charge on any atom is -0.481 e. The van der Waals surface area contributed by atoms with E-state index in [4.69, 9.17) is 5.11 Å². The number of alkyl halides is 62. The lowest BCUT2D eigenvalue weighted by atomic mass is 9.83. The highest BCUT2D eigenvalue weighted by Gasteiger charge is 3.04. The highest BCUT2D eigenvalue weighted by atomic mass is 32.2.